The van der Waals surface area contributed by atoms with Crippen molar-refractivity contribution in [2.24, 2.45) is 0 Å². The van der Waals surface area contributed by atoms with Crippen LogP contribution in [0.5, 0.6) is 0 Å². The first kappa shape index (κ1) is 19.4. The van der Waals surface area contributed by atoms with Crippen molar-refractivity contribution >= 4 is 33.3 Å². The lowest BCUT2D eigenvalue weighted by molar-refractivity contribution is 0.704. The minimum atomic E-state index is -0.133. The van der Waals surface area contributed by atoms with E-state index in [1.165, 1.54) is 20.7 Å². The van der Waals surface area contributed by atoms with Gasteiger partial charge in [-0.15, -0.1) is 23.1 Å². The molecule has 2 aromatic carbocycles. The average molecular weight is 434 g/mol. The van der Waals surface area contributed by atoms with E-state index >= 15 is 0 Å². The van der Waals surface area contributed by atoms with E-state index in [-0.39, 0.29) is 22.0 Å². The number of nitrogens with two attached hydrogens (primary N) is 1. The van der Waals surface area contributed by atoms with E-state index in [1.807, 2.05) is 37.7 Å². The molecule has 2 aromatic heterocycles. The molecule has 1 aliphatic rings. The first-order valence-corrected chi connectivity index (χ1v) is 11.9. The number of fused-ring (bicyclic) bond motifs is 3. The Morgan fingerprint density at radius 1 is 1.03 bits per heavy atom. The van der Waals surface area contributed by atoms with Crippen molar-refractivity contribution in [2.45, 2.75) is 36.7 Å². The molecule has 2 N–H and O–H groups in total. The van der Waals surface area contributed by atoms with Crippen molar-refractivity contribution in [3.63, 3.8) is 0 Å². The Bertz CT molecular complexity index is 1260. The zero-order valence-corrected chi connectivity index (χ0v) is 18.5. The number of benzene rings is 2. The minimum absolute atomic E-state index is 0.0857. The van der Waals surface area contributed by atoms with Gasteiger partial charge >= 0.3 is 0 Å². The van der Waals surface area contributed by atoms with E-state index in [0.29, 0.717) is 11.2 Å². The van der Waals surface area contributed by atoms with Gasteiger partial charge in [0.15, 0.2) is 0 Å². The summed E-state index contributed by atoms with van der Waals surface area (Å²) in [4.78, 5) is 20.1. The number of hydrogen-bond acceptors (Lipinski definition) is 5. The third-order valence-electron chi connectivity index (χ3n) is 5.63. The SMILES string of the molecule is CC(C)c1nc2sc3c(c2c(=O)n1N)C[C@@H](c1ccccc1)S[C@@H]3c1ccccc1. The number of rotatable bonds is 3. The third-order valence-corrected chi connectivity index (χ3v) is 8.52. The second kappa shape index (κ2) is 7.60. The third kappa shape index (κ3) is 3.15. The molecule has 30 heavy (non-hydrogen) atoms. The van der Waals surface area contributed by atoms with Crippen LogP contribution < -0.4 is 11.4 Å². The fourth-order valence-electron chi connectivity index (χ4n) is 4.15. The van der Waals surface area contributed by atoms with Gasteiger partial charge in [0.1, 0.15) is 10.7 Å². The number of hydrogen-bond donors (Lipinski definition) is 1. The van der Waals surface area contributed by atoms with Gasteiger partial charge in [0.05, 0.1) is 10.6 Å². The van der Waals surface area contributed by atoms with E-state index < -0.39 is 0 Å². The Balaban J connectivity index is 1.75. The monoisotopic (exact) mass is 433 g/mol. The molecule has 5 rings (SSSR count). The maximum atomic E-state index is 13.3. The standard InChI is InChI=1S/C24H23N3OS2/c1-14(2)22-26-23-19(24(28)27(22)25)17-13-18(15-9-5-3-6-10-15)29-20(21(17)30-23)16-11-7-4-8-12-16/h3-12,14,18,20H,13,25H2,1-2H3/t18-,20+/m0/s1. The smallest absolute Gasteiger partial charge is 0.280 e. The molecule has 4 aromatic rings. The number of nitrogen functional groups attached to an aromatic ring is 1. The van der Waals surface area contributed by atoms with Gasteiger partial charge in [-0.2, -0.15) is 0 Å². The van der Waals surface area contributed by atoms with Gasteiger partial charge in [-0.3, -0.25) is 4.79 Å². The molecule has 3 heterocycles. The maximum Gasteiger partial charge on any atom is 0.280 e. The molecular weight excluding hydrogens is 410 g/mol. The van der Waals surface area contributed by atoms with Crippen molar-refractivity contribution in [1.29, 1.82) is 0 Å². The molecule has 152 valence electrons. The Kier molecular flexibility index (Phi) is 4.91. The molecule has 2 atom stereocenters. The van der Waals surface area contributed by atoms with E-state index in [2.05, 4.69) is 48.5 Å². The molecule has 0 spiro atoms. The molecule has 0 fully saturated rings. The molecule has 0 saturated heterocycles. The number of nitrogens with zero attached hydrogens (tertiary/aromatic N) is 2. The number of thiophene rings is 1. The van der Waals surface area contributed by atoms with Crippen molar-refractivity contribution in [1.82, 2.24) is 9.66 Å². The fraction of sp³-hybridized carbons (Fsp3) is 0.250. The molecule has 0 unspecified atom stereocenters. The molecule has 1 aliphatic heterocycles. The highest BCUT2D eigenvalue weighted by molar-refractivity contribution is 8.00. The Morgan fingerprint density at radius 3 is 2.30 bits per heavy atom. The molecule has 6 heteroatoms. The van der Waals surface area contributed by atoms with Gasteiger partial charge in [-0.1, -0.05) is 74.5 Å². The fourth-order valence-corrected chi connectivity index (χ4v) is 7.16. The van der Waals surface area contributed by atoms with Crippen LogP contribution in [-0.2, 0) is 6.42 Å². The van der Waals surface area contributed by atoms with E-state index in [1.54, 1.807) is 11.3 Å². The van der Waals surface area contributed by atoms with Crippen LogP contribution >= 0.6 is 23.1 Å². The Hall–Kier alpha value is -2.57. The summed E-state index contributed by atoms with van der Waals surface area (Å²) in [6.07, 6.45) is 0.811. The van der Waals surface area contributed by atoms with E-state index in [0.717, 1.165) is 16.8 Å². The van der Waals surface area contributed by atoms with Crippen LogP contribution in [0.2, 0.25) is 0 Å². The summed E-state index contributed by atoms with van der Waals surface area (Å²) in [5.41, 5.74) is 3.52. The molecule has 4 nitrogen and oxygen atoms in total. The predicted octanol–water partition coefficient (Wildman–Crippen LogP) is 5.42. The predicted molar refractivity (Wildman–Crippen MR) is 127 cm³/mol. The lowest BCUT2D eigenvalue weighted by Crippen LogP contribution is -2.32. The topological polar surface area (TPSA) is 60.9 Å². The summed E-state index contributed by atoms with van der Waals surface area (Å²) in [5.74, 6) is 6.89. The Labute approximate surface area is 183 Å². The van der Waals surface area contributed by atoms with Crippen LogP contribution in [0.4, 0.5) is 0 Å². The van der Waals surface area contributed by atoms with Crippen LogP contribution in [0, 0.1) is 0 Å². The van der Waals surface area contributed by atoms with E-state index in [9.17, 15) is 4.79 Å². The van der Waals surface area contributed by atoms with Gasteiger partial charge < -0.3 is 5.84 Å². The van der Waals surface area contributed by atoms with Gasteiger partial charge in [-0.05, 0) is 23.1 Å². The highest BCUT2D eigenvalue weighted by Crippen LogP contribution is 2.54. The van der Waals surface area contributed by atoms with Crippen LogP contribution in [0.15, 0.2) is 65.5 Å². The van der Waals surface area contributed by atoms with Crippen LogP contribution in [0.3, 0.4) is 0 Å². The van der Waals surface area contributed by atoms with Crippen molar-refractivity contribution in [2.75, 3.05) is 5.84 Å². The van der Waals surface area contributed by atoms with Crippen LogP contribution in [0.1, 0.15) is 57.7 Å². The molecule has 0 amide bonds. The highest BCUT2D eigenvalue weighted by Gasteiger charge is 2.34. The zero-order chi connectivity index (χ0) is 20.8. The second-order valence-electron chi connectivity index (χ2n) is 7.96. The molecule has 0 aliphatic carbocycles. The first-order chi connectivity index (χ1) is 14.5. The van der Waals surface area contributed by atoms with Crippen LogP contribution in [0.25, 0.3) is 10.2 Å². The first-order valence-electron chi connectivity index (χ1n) is 10.1. The Morgan fingerprint density at radius 2 is 1.67 bits per heavy atom. The normalized spacial score (nSPS) is 18.6. The summed E-state index contributed by atoms with van der Waals surface area (Å²) in [6.45, 7) is 4.02. The number of aromatic nitrogens is 2. The molecule has 0 radical (unpaired) electrons. The van der Waals surface area contributed by atoms with Crippen molar-refractivity contribution in [3.05, 3.63) is 98.4 Å². The molecular formula is C24H23N3OS2. The quantitative estimate of drug-likeness (QED) is 0.439. The minimum Gasteiger partial charge on any atom is -0.335 e. The lowest BCUT2D eigenvalue weighted by Gasteiger charge is -2.29. The second-order valence-corrected chi connectivity index (χ2v) is 10.3. The van der Waals surface area contributed by atoms with Crippen LogP contribution in [-0.4, -0.2) is 9.66 Å². The summed E-state index contributed by atoms with van der Waals surface area (Å²) < 4.78 is 1.25. The van der Waals surface area contributed by atoms with Gasteiger partial charge in [0.2, 0.25) is 0 Å². The summed E-state index contributed by atoms with van der Waals surface area (Å²) in [6, 6.07) is 21.1. The van der Waals surface area contributed by atoms with Gasteiger partial charge in [0, 0.05) is 16.0 Å². The summed E-state index contributed by atoms with van der Waals surface area (Å²) in [7, 11) is 0. The molecule has 0 saturated carbocycles. The van der Waals surface area contributed by atoms with Crippen molar-refractivity contribution in [3.8, 4) is 0 Å². The van der Waals surface area contributed by atoms with Gasteiger partial charge in [-0.25, -0.2) is 9.66 Å². The molecule has 0 bridgehead atoms. The average Bonchev–Trinajstić information content (AvgIpc) is 3.15. The van der Waals surface area contributed by atoms with Crippen molar-refractivity contribution < 1.29 is 0 Å². The highest BCUT2D eigenvalue weighted by atomic mass is 32.2. The number of thioether (sulfide) groups is 1. The zero-order valence-electron chi connectivity index (χ0n) is 16.9. The van der Waals surface area contributed by atoms with Gasteiger partial charge in [0.25, 0.3) is 5.56 Å². The summed E-state index contributed by atoms with van der Waals surface area (Å²) in [5, 5.41) is 1.15. The largest absolute Gasteiger partial charge is 0.335 e. The van der Waals surface area contributed by atoms with E-state index in [4.69, 9.17) is 10.8 Å². The summed E-state index contributed by atoms with van der Waals surface area (Å²) >= 11 is 3.61. The lowest BCUT2D eigenvalue weighted by atomic mass is 9.98. The maximum absolute atomic E-state index is 13.3.